The second kappa shape index (κ2) is 9.38. The minimum Gasteiger partial charge on any atom is -0.371 e. The molecule has 0 amide bonds. The number of H-pyrrole nitrogens is 1. The Labute approximate surface area is 185 Å². The lowest BCUT2D eigenvalue weighted by Crippen LogP contribution is -2.38. The number of unbranched alkanes of at least 4 members (excludes halogenated alkanes) is 1. The van der Waals surface area contributed by atoms with Crippen molar-refractivity contribution in [3.8, 4) is 0 Å². The van der Waals surface area contributed by atoms with Gasteiger partial charge in [0.15, 0.2) is 11.2 Å². The van der Waals surface area contributed by atoms with E-state index in [1.807, 2.05) is 35.8 Å². The molecule has 8 nitrogen and oxygen atoms in total. The highest BCUT2D eigenvalue weighted by Gasteiger charge is 2.25. The number of nitrogens with zero attached hydrogens (tertiary/aromatic N) is 4. The lowest BCUT2D eigenvalue weighted by Gasteiger charge is -2.33. The normalized spacial score (nSPS) is 17.5. The first-order chi connectivity index (χ1) is 15.0. The first kappa shape index (κ1) is 21.8. The number of aromatic amines is 1. The number of nitrogens with one attached hydrogen (secondary N) is 1. The van der Waals surface area contributed by atoms with Crippen LogP contribution in [-0.4, -0.2) is 43.7 Å². The van der Waals surface area contributed by atoms with Crippen LogP contribution in [0.3, 0.4) is 0 Å². The van der Waals surface area contributed by atoms with Crippen LogP contribution < -0.4 is 11.2 Å². The highest BCUT2D eigenvalue weighted by molar-refractivity contribution is 6.30. The van der Waals surface area contributed by atoms with Crippen LogP contribution in [0, 0.1) is 0 Å². The van der Waals surface area contributed by atoms with Crippen LogP contribution in [0.4, 0.5) is 0 Å². The summed E-state index contributed by atoms with van der Waals surface area (Å²) in [5.41, 5.74) is 1.25. The number of fused-ring (bicyclic) bond motifs is 1. The molecule has 4 rings (SSSR count). The van der Waals surface area contributed by atoms with Crippen molar-refractivity contribution in [3.05, 3.63) is 61.5 Å². The molecule has 0 radical (unpaired) electrons. The maximum Gasteiger partial charge on any atom is 0.330 e. The van der Waals surface area contributed by atoms with Crippen molar-refractivity contribution in [1.82, 2.24) is 24.0 Å². The molecular weight excluding hydrogens is 418 g/mol. The van der Waals surface area contributed by atoms with E-state index in [2.05, 4.69) is 16.8 Å². The average molecular weight is 446 g/mol. The van der Waals surface area contributed by atoms with Gasteiger partial charge >= 0.3 is 5.69 Å². The summed E-state index contributed by atoms with van der Waals surface area (Å²) in [5.74, 6) is 0.788. The van der Waals surface area contributed by atoms with E-state index in [-0.39, 0.29) is 11.7 Å². The molecule has 1 N–H and O–H groups in total. The first-order valence-electron chi connectivity index (χ1n) is 10.8. The van der Waals surface area contributed by atoms with Crippen molar-refractivity contribution < 1.29 is 4.74 Å². The Balaban J connectivity index is 1.64. The summed E-state index contributed by atoms with van der Waals surface area (Å²) in [7, 11) is 0. The van der Waals surface area contributed by atoms with E-state index >= 15 is 0 Å². The smallest absolute Gasteiger partial charge is 0.330 e. The highest BCUT2D eigenvalue weighted by Crippen LogP contribution is 2.25. The van der Waals surface area contributed by atoms with Crippen molar-refractivity contribution in [3.63, 3.8) is 0 Å². The van der Waals surface area contributed by atoms with Crippen molar-refractivity contribution in [1.29, 1.82) is 0 Å². The number of morpholine rings is 1. The van der Waals surface area contributed by atoms with E-state index in [0.717, 1.165) is 30.8 Å². The first-order valence-corrected chi connectivity index (χ1v) is 11.2. The third-order valence-electron chi connectivity index (χ3n) is 5.77. The Hall–Kier alpha value is -2.42. The minimum absolute atomic E-state index is 0.0448. The molecular formula is C22H28ClN5O3. The maximum atomic E-state index is 12.6. The minimum atomic E-state index is -0.396. The zero-order valence-corrected chi connectivity index (χ0v) is 18.7. The van der Waals surface area contributed by atoms with E-state index < -0.39 is 5.69 Å². The Morgan fingerprint density at radius 3 is 2.68 bits per heavy atom. The lowest BCUT2D eigenvalue weighted by atomic mass is 10.1. The molecule has 1 saturated heterocycles. The van der Waals surface area contributed by atoms with Gasteiger partial charge in [0.2, 0.25) is 0 Å². The Morgan fingerprint density at radius 1 is 1.19 bits per heavy atom. The summed E-state index contributed by atoms with van der Waals surface area (Å²) < 4.78 is 9.48. The number of aryl methyl sites for hydroxylation is 2. The molecule has 3 aromatic rings. The molecule has 9 heteroatoms. The molecule has 1 aromatic carbocycles. The highest BCUT2D eigenvalue weighted by atomic mass is 35.5. The van der Waals surface area contributed by atoms with Crippen LogP contribution in [0.15, 0.2) is 33.9 Å². The molecule has 3 heterocycles. The molecule has 1 atom stereocenters. The Morgan fingerprint density at radius 2 is 1.97 bits per heavy atom. The molecule has 31 heavy (non-hydrogen) atoms. The average Bonchev–Trinajstić information content (AvgIpc) is 3.12. The number of hydrogen-bond acceptors (Lipinski definition) is 5. The third kappa shape index (κ3) is 4.46. The van der Waals surface area contributed by atoms with Gasteiger partial charge in [-0.3, -0.25) is 19.2 Å². The molecule has 1 unspecified atom stereocenters. The predicted molar refractivity (Wildman–Crippen MR) is 121 cm³/mol. The van der Waals surface area contributed by atoms with Crippen molar-refractivity contribution in [2.45, 2.75) is 52.4 Å². The molecule has 1 aliphatic heterocycles. The number of hydrogen-bond donors (Lipinski definition) is 1. The molecule has 2 aromatic heterocycles. The summed E-state index contributed by atoms with van der Waals surface area (Å²) in [4.78, 5) is 34.5. The zero-order valence-electron chi connectivity index (χ0n) is 17.9. The number of ether oxygens (including phenoxy) is 1. The summed E-state index contributed by atoms with van der Waals surface area (Å²) in [5, 5.41) is 0.701. The van der Waals surface area contributed by atoms with Crippen LogP contribution in [0.25, 0.3) is 11.2 Å². The van der Waals surface area contributed by atoms with Gasteiger partial charge in [-0.15, -0.1) is 0 Å². The van der Waals surface area contributed by atoms with Gasteiger partial charge in [-0.2, -0.15) is 0 Å². The van der Waals surface area contributed by atoms with Crippen LogP contribution in [0.1, 0.15) is 44.2 Å². The van der Waals surface area contributed by atoms with Gasteiger partial charge < -0.3 is 9.30 Å². The van der Waals surface area contributed by atoms with Crippen LogP contribution >= 0.6 is 11.6 Å². The van der Waals surface area contributed by atoms with Crippen LogP contribution in [0.2, 0.25) is 5.02 Å². The number of benzene rings is 1. The fourth-order valence-corrected chi connectivity index (χ4v) is 4.25. The van der Waals surface area contributed by atoms with Gasteiger partial charge in [-0.05, 0) is 31.0 Å². The topological polar surface area (TPSA) is 85.2 Å². The van der Waals surface area contributed by atoms with E-state index in [0.29, 0.717) is 49.0 Å². The van der Waals surface area contributed by atoms with Crippen LogP contribution in [-0.2, 0) is 24.4 Å². The molecule has 0 aliphatic carbocycles. The summed E-state index contributed by atoms with van der Waals surface area (Å²) >= 11 is 6.01. The molecule has 166 valence electrons. The van der Waals surface area contributed by atoms with E-state index in [1.54, 1.807) is 4.57 Å². The van der Waals surface area contributed by atoms with Crippen molar-refractivity contribution in [2.75, 3.05) is 19.7 Å². The van der Waals surface area contributed by atoms with Crippen molar-refractivity contribution >= 4 is 22.8 Å². The standard InChI is InChI=1S/C22H28ClN5O3/c1-3-5-10-28-20-19(21(29)25-22(28)30)27(4-2)18(24-20)14-26-11-12-31-17(13-26)15-6-8-16(23)9-7-15/h6-9,17H,3-5,10-14H2,1-2H3,(H,25,29,30). The van der Waals surface area contributed by atoms with E-state index in [4.69, 9.17) is 21.3 Å². The fraction of sp³-hybridized carbons (Fsp3) is 0.500. The SMILES string of the molecule is CCCCn1c(=O)[nH]c(=O)c2c1nc(CN1CCOC(c3ccc(Cl)cc3)C1)n2CC. The largest absolute Gasteiger partial charge is 0.371 e. The number of aromatic nitrogens is 4. The summed E-state index contributed by atoms with van der Waals surface area (Å²) in [6.45, 7) is 7.88. The quantitative estimate of drug-likeness (QED) is 0.604. The van der Waals surface area contributed by atoms with Crippen molar-refractivity contribution in [2.24, 2.45) is 0 Å². The second-order valence-corrected chi connectivity index (χ2v) is 8.29. The maximum absolute atomic E-state index is 12.6. The van der Waals surface area contributed by atoms with Gasteiger partial charge in [0.05, 0.1) is 19.3 Å². The summed E-state index contributed by atoms with van der Waals surface area (Å²) in [6, 6.07) is 7.72. The fourth-order valence-electron chi connectivity index (χ4n) is 4.13. The number of imidazole rings is 1. The van der Waals surface area contributed by atoms with Gasteiger partial charge in [-0.25, -0.2) is 9.78 Å². The van der Waals surface area contributed by atoms with Gasteiger partial charge in [0.1, 0.15) is 5.82 Å². The van der Waals surface area contributed by atoms with E-state index in [1.165, 1.54) is 0 Å². The Kier molecular flexibility index (Phi) is 6.60. The Bertz CT molecular complexity index is 1160. The molecule has 0 spiro atoms. The van der Waals surface area contributed by atoms with Gasteiger partial charge in [-0.1, -0.05) is 37.1 Å². The predicted octanol–water partition coefficient (Wildman–Crippen LogP) is 2.93. The van der Waals surface area contributed by atoms with Gasteiger partial charge in [0.25, 0.3) is 5.56 Å². The molecule has 1 fully saturated rings. The number of rotatable bonds is 7. The van der Waals surface area contributed by atoms with Crippen LogP contribution in [0.5, 0.6) is 0 Å². The van der Waals surface area contributed by atoms with E-state index in [9.17, 15) is 9.59 Å². The zero-order chi connectivity index (χ0) is 22.0. The second-order valence-electron chi connectivity index (χ2n) is 7.86. The summed E-state index contributed by atoms with van der Waals surface area (Å²) in [6.07, 6.45) is 1.76. The molecule has 0 saturated carbocycles. The molecule has 0 bridgehead atoms. The van der Waals surface area contributed by atoms with Gasteiger partial charge in [0, 0.05) is 31.2 Å². The number of halogens is 1. The third-order valence-corrected chi connectivity index (χ3v) is 6.03. The molecule has 1 aliphatic rings. The lowest BCUT2D eigenvalue weighted by molar-refractivity contribution is -0.0339. The monoisotopic (exact) mass is 445 g/mol.